The van der Waals surface area contributed by atoms with Crippen molar-refractivity contribution in [2.24, 2.45) is 0 Å². The van der Waals surface area contributed by atoms with E-state index in [0.29, 0.717) is 23.0 Å². The molecule has 108 valence electrons. The molecule has 0 radical (unpaired) electrons. The zero-order chi connectivity index (χ0) is 15.0. The van der Waals surface area contributed by atoms with Gasteiger partial charge in [0.15, 0.2) is 0 Å². The molecular formula is C14H18ClN3O2. The van der Waals surface area contributed by atoms with Crippen LogP contribution in [0, 0.1) is 11.3 Å². The molecule has 0 aliphatic rings. The summed E-state index contributed by atoms with van der Waals surface area (Å²) in [5.74, 6) is 0.347. The molecule has 1 rings (SSSR count). The van der Waals surface area contributed by atoms with Crippen molar-refractivity contribution in [1.82, 2.24) is 4.90 Å². The molecule has 0 fully saturated rings. The number of nitrogens with one attached hydrogen (secondary N) is 1. The molecule has 0 unspecified atom stereocenters. The SMILES string of the molecule is CCCN(CC#N)CC(=O)Nc1cc(Cl)ccc1OC. The molecule has 0 heterocycles. The maximum atomic E-state index is 12.0. The van der Waals surface area contributed by atoms with Crippen LogP contribution in [0.15, 0.2) is 18.2 Å². The van der Waals surface area contributed by atoms with Gasteiger partial charge in [-0.2, -0.15) is 5.26 Å². The number of rotatable bonds is 7. The first-order valence-corrected chi connectivity index (χ1v) is 6.71. The number of carbonyl (C=O) groups is 1. The summed E-state index contributed by atoms with van der Waals surface area (Å²) in [7, 11) is 1.53. The zero-order valence-corrected chi connectivity index (χ0v) is 12.4. The van der Waals surface area contributed by atoms with Crippen LogP contribution in [-0.4, -0.2) is 37.6 Å². The summed E-state index contributed by atoms with van der Waals surface area (Å²) >= 11 is 5.90. The van der Waals surface area contributed by atoms with Gasteiger partial charge in [0.05, 0.1) is 32.0 Å². The summed E-state index contributed by atoms with van der Waals surface area (Å²) in [4.78, 5) is 13.8. The van der Waals surface area contributed by atoms with E-state index in [0.717, 1.165) is 6.42 Å². The molecule has 0 bridgehead atoms. The van der Waals surface area contributed by atoms with E-state index >= 15 is 0 Å². The predicted molar refractivity (Wildman–Crippen MR) is 79.0 cm³/mol. The van der Waals surface area contributed by atoms with Gasteiger partial charge >= 0.3 is 0 Å². The summed E-state index contributed by atoms with van der Waals surface area (Å²) in [6.45, 7) is 3.10. The Hall–Kier alpha value is -1.77. The first kappa shape index (κ1) is 16.3. The Morgan fingerprint density at radius 1 is 1.55 bits per heavy atom. The molecule has 5 nitrogen and oxygen atoms in total. The number of methoxy groups -OCH3 is 1. The zero-order valence-electron chi connectivity index (χ0n) is 11.6. The van der Waals surface area contributed by atoms with Crippen LogP contribution in [0.2, 0.25) is 5.02 Å². The van der Waals surface area contributed by atoms with E-state index in [-0.39, 0.29) is 19.0 Å². The molecule has 0 spiro atoms. The number of anilines is 1. The van der Waals surface area contributed by atoms with E-state index in [4.69, 9.17) is 21.6 Å². The fourth-order valence-corrected chi connectivity index (χ4v) is 1.97. The van der Waals surface area contributed by atoms with Crippen LogP contribution >= 0.6 is 11.6 Å². The maximum Gasteiger partial charge on any atom is 0.238 e. The molecule has 0 saturated carbocycles. The van der Waals surface area contributed by atoms with Crippen molar-refractivity contribution < 1.29 is 9.53 Å². The van der Waals surface area contributed by atoms with Crippen LogP contribution in [0.1, 0.15) is 13.3 Å². The monoisotopic (exact) mass is 295 g/mol. The highest BCUT2D eigenvalue weighted by Gasteiger charge is 2.12. The fourth-order valence-electron chi connectivity index (χ4n) is 1.80. The molecule has 1 amide bonds. The van der Waals surface area contributed by atoms with Gasteiger partial charge in [-0.1, -0.05) is 18.5 Å². The van der Waals surface area contributed by atoms with Gasteiger partial charge in [0.25, 0.3) is 0 Å². The van der Waals surface area contributed by atoms with Crippen LogP contribution in [0.25, 0.3) is 0 Å². The molecule has 0 atom stereocenters. The molecule has 0 saturated heterocycles. The molecule has 6 heteroatoms. The summed E-state index contributed by atoms with van der Waals surface area (Å²) in [5.41, 5.74) is 0.526. The minimum atomic E-state index is -0.200. The first-order chi connectivity index (χ1) is 9.60. The van der Waals surface area contributed by atoms with Gasteiger partial charge in [-0.3, -0.25) is 9.69 Å². The number of nitrogens with zero attached hydrogens (tertiary/aromatic N) is 2. The Labute approximate surface area is 124 Å². The molecule has 1 N–H and O–H groups in total. The number of halogens is 1. The molecule has 1 aromatic rings. The van der Waals surface area contributed by atoms with Gasteiger partial charge in [-0.15, -0.1) is 0 Å². The Bertz CT molecular complexity index is 500. The van der Waals surface area contributed by atoms with E-state index in [1.54, 1.807) is 23.1 Å². The maximum absolute atomic E-state index is 12.0. The van der Waals surface area contributed by atoms with Gasteiger partial charge in [0, 0.05) is 5.02 Å². The lowest BCUT2D eigenvalue weighted by Crippen LogP contribution is -2.34. The lowest BCUT2D eigenvalue weighted by molar-refractivity contribution is -0.117. The highest BCUT2D eigenvalue weighted by atomic mass is 35.5. The number of carbonyl (C=O) groups excluding carboxylic acids is 1. The Morgan fingerprint density at radius 2 is 2.30 bits per heavy atom. The van der Waals surface area contributed by atoms with Crippen molar-refractivity contribution >= 4 is 23.2 Å². The second-order valence-corrected chi connectivity index (χ2v) is 4.70. The van der Waals surface area contributed by atoms with Gasteiger partial charge in [0.2, 0.25) is 5.91 Å². The fraction of sp³-hybridized carbons (Fsp3) is 0.429. The van der Waals surface area contributed by atoms with Gasteiger partial charge in [-0.05, 0) is 31.2 Å². The summed E-state index contributed by atoms with van der Waals surface area (Å²) in [5, 5.41) is 12.0. The lowest BCUT2D eigenvalue weighted by Gasteiger charge is -2.18. The summed E-state index contributed by atoms with van der Waals surface area (Å²) < 4.78 is 5.16. The second-order valence-electron chi connectivity index (χ2n) is 4.26. The van der Waals surface area contributed by atoms with E-state index in [2.05, 4.69) is 11.4 Å². The third kappa shape index (κ3) is 5.08. The summed E-state index contributed by atoms with van der Waals surface area (Å²) in [6, 6.07) is 7.07. The largest absolute Gasteiger partial charge is 0.495 e. The highest BCUT2D eigenvalue weighted by molar-refractivity contribution is 6.31. The van der Waals surface area contributed by atoms with Gasteiger partial charge < -0.3 is 10.1 Å². The average molecular weight is 296 g/mol. The van der Waals surface area contributed by atoms with Crippen LogP contribution in [-0.2, 0) is 4.79 Å². The van der Waals surface area contributed by atoms with Gasteiger partial charge in [-0.25, -0.2) is 0 Å². The number of benzene rings is 1. The van der Waals surface area contributed by atoms with Crippen molar-refractivity contribution in [2.75, 3.05) is 32.1 Å². The van der Waals surface area contributed by atoms with Crippen LogP contribution in [0.5, 0.6) is 5.75 Å². The standard InChI is InChI=1S/C14H18ClN3O2/c1-3-7-18(8-6-16)10-14(19)17-12-9-11(15)4-5-13(12)20-2/h4-5,9H,3,7-8,10H2,1-2H3,(H,17,19). The second kappa shape index (κ2) is 8.41. The molecular weight excluding hydrogens is 278 g/mol. The van der Waals surface area contributed by atoms with Crippen LogP contribution in [0.3, 0.4) is 0 Å². The number of ether oxygens (including phenoxy) is 1. The van der Waals surface area contributed by atoms with Crippen molar-refractivity contribution in [1.29, 1.82) is 5.26 Å². The number of amides is 1. The normalized spacial score (nSPS) is 10.2. The quantitative estimate of drug-likeness (QED) is 0.785. The average Bonchev–Trinajstić information content (AvgIpc) is 2.39. The lowest BCUT2D eigenvalue weighted by atomic mass is 10.3. The number of hydrogen-bond donors (Lipinski definition) is 1. The minimum Gasteiger partial charge on any atom is -0.495 e. The van der Waals surface area contributed by atoms with E-state index in [1.165, 1.54) is 7.11 Å². The van der Waals surface area contributed by atoms with Crippen molar-refractivity contribution in [3.05, 3.63) is 23.2 Å². The van der Waals surface area contributed by atoms with Crippen molar-refractivity contribution in [3.8, 4) is 11.8 Å². The Morgan fingerprint density at radius 3 is 2.90 bits per heavy atom. The van der Waals surface area contributed by atoms with E-state index in [9.17, 15) is 4.79 Å². The van der Waals surface area contributed by atoms with Crippen molar-refractivity contribution in [3.63, 3.8) is 0 Å². The smallest absolute Gasteiger partial charge is 0.238 e. The third-order valence-corrected chi connectivity index (χ3v) is 2.87. The van der Waals surface area contributed by atoms with Gasteiger partial charge in [0.1, 0.15) is 5.75 Å². The van der Waals surface area contributed by atoms with Crippen LogP contribution < -0.4 is 10.1 Å². The topological polar surface area (TPSA) is 65.4 Å². The number of hydrogen-bond acceptors (Lipinski definition) is 4. The molecule has 0 aliphatic carbocycles. The molecule has 0 aliphatic heterocycles. The first-order valence-electron chi connectivity index (χ1n) is 6.33. The van der Waals surface area contributed by atoms with E-state index in [1.807, 2.05) is 6.92 Å². The molecule has 0 aromatic heterocycles. The third-order valence-electron chi connectivity index (χ3n) is 2.64. The Balaban J connectivity index is 2.70. The number of nitriles is 1. The summed E-state index contributed by atoms with van der Waals surface area (Å²) in [6.07, 6.45) is 0.884. The van der Waals surface area contributed by atoms with Crippen LogP contribution in [0.4, 0.5) is 5.69 Å². The Kier molecular flexibility index (Phi) is 6.85. The van der Waals surface area contributed by atoms with Crippen molar-refractivity contribution in [2.45, 2.75) is 13.3 Å². The predicted octanol–water partition coefficient (Wildman–Crippen LogP) is 2.52. The highest BCUT2D eigenvalue weighted by Crippen LogP contribution is 2.27. The molecule has 20 heavy (non-hydrogen) atoms. The minimum absolute atomic E-state index is 0.164. The van der Waals surface area contributed by atoms with E-state index < -0.39 is 0 Å². The molecule has 1 aromatic carbocycles.